The van der Waals surface area contributed by atoms with Gasteiger partial charge in [0.05, 0.1) is 19.3 Å². The third kappa shape index (κ3) is 8.03. The fourth-order valence-electron chi connectivity index (χ4n) is 4.15. The Hall–Kier alpha value is -3.43. The van der Waals surface area contributed by atoms with Crippen LogP contribution in [-0.2, 0) is 22.6 Å². The van der Waals surface area contributed by atoms with Gasteiger partial charge in [-0.1, -0.05) is 18.2 Å². The molecular weight excluding hydrogens is 493 g/mol. The predicted octanol–water partition coefficient (Wildman–Crippen LogP) is 5.53. The molecule has 0 saturated carbocycles. The Morgan fingerprint density at radius 2 is 1.86 bits per heavy atom. The normalized spacial score (nSPS) is 14.8. The molecule has 1 atom stereocenters. The fraction of sp³-hybridized carbons (Fsp3) is 0.357. The third-order valence-electron chi connectivity index (χ3n) is 6.04. The van der Waals surface area contributed by atoms with Crippen molar-refractivity contribution in [3.8, 4) is 5.75 Å². The summed E-state index contributed by atoms with van der Waals surface area (Å²) in [5, 5.41) is 4.86. The lowest BCUT2D eigenvalue weighted by Gasteiger charge is -2.29. The Bertz CT molecular complexity index is 1130. The molecule has 4 rings (SSSR count). The summed E-state index contributed by atoms with van der Waals surface area (Å²) in [6.45, 7) is 4.05. The first kappa shape index (κ1) is 26.6. The molecule has 0 spiro atoms. The predicted molar refractivity (Wildman–Crippen MR) is 142 cm³/mol. The highest BCUT2D eigenvalue weighted by Crippen LogP contribution is 2.19. The number of carbonyl (C=O) groups is 2. The highest BCUT2D eigenvalue weighted by molar-refractivity contribution is 7.09. The van der Waals surface area contributed by atoms with Gasteiger partial charge in [-0.3, -0.25) is 4.79 Å². The van der Waals surface area contributed by atoms with Crippen molar-refractivity contribution in [3.63, 3.8) is 0 Å². The second-order valence-corrected chi connectivity index (χ2v) is 9.89. The second-order valence-electron chi connectivity index (χ2n) is 8.86. The minimum atomic E-state index is -0.370. The third-order valence-corrected chi connectivity index (χ3v) is 6.91. The first-order valence-corrected chi connectivity index (χ1v) is 13.3. The molecule has 37 heavy (non-hydrogen) atoms. The summed E-state index contributed by atoms with van der Waals surface area (Å²) in [7, 11) is 0. The largest absolute Gasteiger partial charge is 0.494 e. The SMILES string of the molecule is CCOc1ccc(NC(=O)N(CC(=O)N(Cc2ccc(F)cc2)Cc2cccs2)CC2CCCO2)cc1. The number of hydrogen-bond acceptors (Lipinski definition) is 5. The summed E-state index contributed by atoms with van der Waals surface area (Å²) < 4.78 is 24.7. The van der Waals surface area contributed by atoms with Crippen molar-refractivity contribution in [2.75, 3.05) is 31.6 Å². The number of hydrogen-bond donors (Lipinski definition) is 1. The molecule has 0 aliphatic carbocycles. The molecule has 1 aromatic heterocycles. The first-order chi connectivity index (χ1) is 18.0. The summed E-state index contributed by atoms with van der Waals surface area (Å²) >= 11 is 1.56. The number of rotatable bonds is 11. The van der Waals surface area contributed by atoms with Gasteiger partial charge in [-0.25, -0.2) is 9.18 Å². The van der Waals surface area contributed by atoms with Crippen molar-refractivity contribution < 1.29 is 23.5 Å². The zero-order valence-corrected chi connectivity index (χ0v) is 21.7. The quantitative estimate of drug-likeness (QED) is 0.358. The van der Waals surface area contributed by atoms with Crippen LogP contribution in [0, 0.1) is 5.82 Å². The van der Waals surface area contributed by atoms with Gasteiger partial charge >= 0.3 is 6.03 Å². The van der Waals surface area contributed by atoms with Crippen LogP contribution in [0.3, 0.4) is 0 Å². The van der Waals surface area contributed by atoms with Crippen molar-refractivity contribution in [2.24, 2.45) is 0 Å². The molecule has 9 heteroatoms. The van der Waals surface area contributed by atoms with Crippen LogP contribution in [0.1, 0.15) is 30.2 Å². The molecule has 1 N–H and O–H groups in total. The van der Waals surface area contributed by atoms with Gasteiger partial charge in [0.2, 0.25) is 5.91 Å². The number of ether oxygens (including phenoxy) is 2. The summed E-state index contributed by atoms with van der Waals surface area (Å²) in [5.41, 5.74) is 1.43. The van der Waals surface area contributed by atoms with Crippen LogP contribution in [0.5, 0.6) is 5.75 Å². The molecule has 0 radical (unpaired) electrons. The van der Waals surface area contributed by atoms with Gasteiger partial charge in [0.15, 0.2) is 0 Å². The lowest BCUT2D eigenvalue weighted by Crippen LogP contribution is -2.46. The number of halogens is 1. The number of nitrogens with one attached hydrogen (secondary N) is 1. The maximum absolute atomic E-state index is 13.6. The van der Waals surface area contributed by atoms with E-state index >= 15 is 0 Å². The van der Waals surface area contributed by atoms with Crippen LogP contribution in [0.2, 0.25) is 0 Å². The molecule has 3 amide bonds. The lowest BCUT2D eigenvalue weighted by molar-refractivity contribution is -0.133. The topological polar surface area (TPSA) is 71.1 Å². The Kier molecular flexibility index (Phi) is 9.51. The Morgan fingerprint density at radius 3 is 2.51 bits per heavy atom. The van der Waals surface area contributed by atoms with Crippen LogP contribution < -0.4 is 10.1 Å². The van der Waals surface area contributed by atoms with E-state index in [4.69, 9.17) is 9.47 Å². The molecule has 1 aliphatic rings. The summed E-state index contributed by atoms with van der Waals surface area (Å²) in [5.74, 6) is 0.197. The summed E-state index contributed by atoms with van der Waals surface area (Å²) in [6.07, 6.45) is 1.67. The maximum Gasteiger partial charge on any atom is 0.322 e. The Labute approximate surface area is 220 Å². The molecule has 1 aliphatic heterocycles. The first-order valence-electron chi connectivity index (χ1n) is 12.4. The van der Waals surface area contributed by atoms with Gasteiger partial charge in [-0.2, -0.15) is 0 Å². The van der Waals surface area contributed by atoms with E-state index in [0.29, 0.717) is 38.5 Å². The number of anilines is 1. The number of thiophene rings is 1. The average Bonchev–Trinajstić information content (AvgIpc) is 3.60. The Morgan fingerprint density at radius 1 is 1.08 bits per heavy atom. The van der Waals surface area contributed by atoms with E-state index in [9.17, 15) is 14.0 Å². The maximum atomic E-state index is 13.6. The Balaban J connectivity index is 1.48. The van der Waals surface area contributed by atoms with Gasteiger partial charge in [-0.15, -0.1) is 11.3 Å². The zero-order chi connectivity index (χ0) is 26.0. The summed E-state index contributed by atoms with van der Waals surface area (Å²) in [4.78, 5) is 31.1. The fourth-order valence-corrected chi connectivity index (χ4v) is 4.87. The van der Waals surface area contributed by atoms with E-state index in [1.807, 2.05) is 24.4 Å². The van der Waals surface area contributed by atoms with Crippen molar-refractivity contribution in [2.45, 2.75) is 39.0 Å². The van der Waals surface area contributed by atoms with Gasteiger partial charge in [0.25, 0.3) is 0 Å². The molecule has 7 nitrogen and oxygen atoms in total. The van der Waals surface area contributed by atoms with Crippen molar-refractivity contribution >= 4 is 29.0 Å². The summed E-state index contributed by atoms with van der Waals surface area (Å²) in [6, 6.07) is 16.8. The van der Waals surface area contributed by atoms with E-state index in [1.165, 1.54) is 17.0 Å². The smallest absolute Gasteiger partial charge is 0.322 e. The zero-order valence-electron chi connectivity index (χ0n) is 20.9. The molecule has 1 fully saturated rings. The second kappa shape index (κ2) is 13.2. The molecule has 2 heterocycles. The van der Waals surface area contributed by atoms with Gasteiger partial charge in [-0.05, 0) is 73.2 Å². The van der Waals surface area contributed by atoms with Crippen molar-refractivity contribution in [1.29, 1.82) is 0 Å². The monoisotopic (exact) mass is 525 g/mol. The van der Waals surface area contributed by atoms with Gasteiger partial charge in [0.1, 0.15) is 18.1 Å². The number of urea groups is 1. The number of nitrogens with zero attached hydrogens (tertiary/aromatic N) is 2. The van der Waals surface area contributed by atoms with E-state index in [0.717, 1.165) is 29.0 Å². The standard InChI is InChI=1S/C28H32FN3O4S/c1-2-35-24-13-11-23(12-14-24)30-28(34)32(18-25-5-3-15-36-25)20-27(33)31(19-26-6-4-16-37-26)17-21-7-9-22(29)10-8-21/h4,6-14,16,25H,2-3,5,15,17-20H2,1H3,(H,30,34). The number of carbonyl (C=O) groups excluding carboxylic acids is 2. The lowest BCUT2D eigenvalue weighted by atomic mass is 10.2. The van der Waals surface area contributed by atoms with Crippen molar-refractivity contribution in [1.82, 2.24) is 9.80 Å². The molecule has 196 valence electrons. The highest BCUT2D eigenvalue weighted by atomic mass is 32.1. The molecule has 2 aromatic carbocycles. The number of benzene rings is 2. The van der Waals surface area contributed by atoms with Crippen LogP contribution in [0.4, 0.5) is 14.9 Å². The van der Waals surface area contributed by atoms with Crippen LogP contribution in [0.25, 0.3) is 0 Å². The average molecular weight is 526 g/mol. The molecule has 3 aromatic rings. The van der Waals surface area contributed by atoms with Crippen LogP contribution in [0.15, 0.2) is 66.0 Å². The minimum Gasteiger partial charge on any atom is -0.494 e. The minimum absolute atomic E-state index is 0.102. The van der Waals surface area contributed by atoms with E-state index in [-0.39, 0.29) is 30.4 Å². The number of amides is 3. The molecule has 1 unspecified atom stereocenters. The van der Waals surface area contributed by atoms with Gasteiger partial charge < -0.3 is 24.6 Å². The van der Waals surface area contributed by atoms with Crippen LogP contribution in [-0.4, -0.2) is 54.1 Å². The molecule has 1 saturated heterocycles. The molecule has 0 bridgehead atoms. The highest BCUT2D eigenvalue weighted by Gasteiger charge is 2.27. The van der Waals surface area contributed by atoms with E-state index in [1.54, 1.807) is 52.6 Å². The van der Waals surface area contributed by atoms with Crippen molar-refractivity contribution in [3.05, 3.63) is 82.3 Å². The molecular formula is C28H32FN3O4S. The van der Waals surface area contributed by atoms with E-state index < -0.39 is 0 Å². The van der Waals surface area contributed by atoms with Gasteiger partial charge in [0, 0.05) is 30.3 Å². The van der Waals surface area contributed by atoms with E-state index in [2.05, 4.69) is 5.32 Å². The van der Waals surface area contributed by atoms with Crippen LogP contribution >= 0.6 is 11.3 Å².